The fourth-order valence-electron chi connectivity index (χ4n) is 2.81. The monoisotopic (exact) mass is 392 g/mol. The van der Waals surface area contributed by atoms with Crippen LogP contribution in [0.4, 0.5) is 4.39 Å². The SMILES string of the molecule is CC(C)(O)CNC(=O)C(N)c1nonc1/C(=N\O)NC1Cc2ccc(F)cc21. The van der Waals surface area contributed by atoms with Gasteiger partial charge in [-0.05, 0) is 48.7 Å². The third kappa shape index (κ3) is 4.10. The number of nitrogens with zero attached hydrogens (tertiary/aromatic N) is 3. The van der Waals surface area contributed by atoms with E-state index >= 15 is 0 Å². The first-order valence-electron chi connectivity index (χ1n) is 8.55. The fourth-order valence-corrected chi connectivity index (χ4v) is 2.81. The van der Waals surface area contributed by atoms with E-state index in [9.17, 15) is 19.5 Å². The summed E-state index contributed by atoms with van der Waals surface area (Å²) in [4.78, 5) is 12.2. The number of aliphatic hydroxyl groups is 1. The minimum absolute atomic E-state index is 0.0240. The largest absolute Gasteiger partial charge is 0.409 e. The minimum Gasteiger partial charge on any atom is -0.409 e. The van der Waals surface area contributed by atoms with Crippen LogP contribution >= 0.6 is 0 Å². The number of fused-ring (bicyclic) bond motifs is 1. The number of hydrogen-bond donors (Lipinski definition) is 5. The van der Waals surface area contributed by atoms with Crippen molar-refractivity contribution in [3.8, 4) is 0 Å². The van der Waals surface area contributed by atoms with Gasteiger partial charge >= 0.3 is 0 Å². The van der Waals surface area contributed by atoms with E-state index in [1.165, 1.54) is 26.0 Å². The Morgan fingerprint density at radius 1 is 1.50 bits per heavy atom. The predicted molar refractivity (Wildman–Crippen MR) is 94.8 cm³/mol. The molecule has 1 amide bonds. The van der Waals surface area contributed by atoms with Gasteiger partial charge in [0, 0.05) is 6.54 Å². The summed E-state index contributed by atoms with van der Waals surface area (Å²) in [5.41, 5.74) is 6.40. The van der Waals surface area contributed by atoms with Gasteiger partial charge in [0.25, 0.3) is 0 Å². The number of nitrogens with one attached hydrogen (secondary N) is 2. The van der Waals surface area contributed by atoms with Gasteiger partial charge in [-0.1, -0.05) is 16.4 Å². The molecule has 1 aromatic heterocycles. The summed E-state index contributed by atoms with van der Waals surface area (Å²) in [6, 6.07) is 2.88. The number of nitrogens with two attached hydrogens (primary N) is 1. The molecule has 0 aliphatic heterocycles. The van der Waals surface area contributed by atoms with E-state index in [4.69, 9.17) is 5.73 Å². The normalized spacial score (nSPS) is 17.5. The molecule has 150 valence electrons. The van der Waals surface area contributed by atoms with Crippen LogP contribution in [-0.4, -0.2) is 44.5 Å². The summed E-state index contributed by atoms with van der Waals surface area (Å²) >= 11 is 0. The molecule has 6 N–H and O–H groups in total. The molecule has 11 heteroatoms. The number of amidine groups is 1. The van der Waals surface area contributed by atoms with Gasteiger partial charge < -0.3 is 26.7 Å². The van der Waals surface area contributed by atoms with E-state index in [1.54, 1.807) is 6.07 Å². The first kappa shape index (κ1) is 19.7. The Morgan fingerprint density at radius 2 is 2.25 bits per heavy atom. The number of aromatic nitrogens is 2. The Kier molecular flexibility index (Phi) is 5.29. The molecule has 2 aromatic rings. The second kappa shape index (κ2) is 7.52. The lowest BCUT2D eigenvalue weighted by molar-refractivity contribution is -0.123. The van der Waals surface area contributed by atoms with Crippen molar-refractivity contribution in [2.24, 2.45) is 10.9 Å². The zero-order chi connectivity index (χ0) is 20.5. The van der Waals surface area contributed by atoms with Gasteiger partial charge in [0.2, 0.25) is 5.91 Å². The third-order valence-electron chi connectivity index (χ3n) is 4.33. The van der Waals surface area contributed by atoms with Crippen molar-refractivity contribution in [1.29, 1.82) is 0 Å². The maximum Gasteiger partial charge on any atom is 0.243 e. The number of carbonyl (C=O) groups excluding carboxylic acids is 1. The number of amides is 1. The highest BCUT2D eigenvalue weighted by Gasteiger charge is 2.32. The molecule has 28 heavy (non-hydrogen) atoms. The molecule has 0 fully saturated rings. The lowest BCUT2D eigenvalue weighted by Gasteiger charge is -2.31. The van der Waals surface area contributed by atoms with Crippen LogP contribution in [0.1, 0.15) is 48.4 Å². The van der Waals surface area contributed by atoms with Crippen LogP contribution in [0.5, 0.6) is 0 Å². The zero-order valence-corrected chi connectivity index (χ0v) is 15.3. The molecule has 10 nitrogen and oxygen atoms in total. The molecule has 0 saturated heterocycles. The summed E-state index contributed by atoms with van der Waals surface area (Å²) in [5, 5.41) is 35.0. The molecule has 1 aliphatic rings. The van der Waals surface area contributed by atoms with Crippen molar-refractivity contribution in [2.75, 3.05) is 6.54 Å². The maximum atomic E-state index is 13.4. The van der Waals surface area contributed by atoms with Crippen LogP contribution in [0.15, 0.2) is 28.0 Å². The molecule has 1 aliphatic carbocycles. The Balaban J connectivity index is 1.73. The highest BCUT2D eigenvalue weighted by atomic mass is 19.1. The molecule has 0 bridgehead atoms. The second-order valence-corrected chi connectivity index (χ2v) is 7.20. The summed E-state index contributed by atoms with van der Waals surface area (Å²) in [5.74, 6) is -1.10. The molecular formula is C17H21FN6O4. The van der Waals surface area contributed by atoms with E-state index in [0.717, 1.165) is 11.1 Å². The van der Waals surface area contributed by atoms with Crippen LogP contribution in [0.2, 0.25) is 0 Å². The minimum atomic E-state index is -1.27. The standard InChI is InChI=1S/C17H21FN6O4/c1-17(2,26)7-20-16(25)12(19)13-14(24-28-23-13)15(22-27)21-11-5-8-3-4-9(18)6-10(8)11/h3-4,6,11-12,26-27H,5,7,19H2,1-2H3,(H,20,25)(H,21,22). The molecule has 3 rings (SSSR count). The van der Waals surface area contributed by atoms with E-state index in [-0.39, 0.29) is 35.6 Å². The van der Waals surface area contributed by atoms with Crippen molar-refractivity contribution in [3.63, 3.8) is 0 Å². The Labute approximate surface area is 159 Å². The quantitative estimate of drug-likeness (QED) is 0.201. The van der Waals surface area contributed by atoms with Crippen LogP contribution < -0.4 is 16.4 Å². The van der Waals surface area contributed by atoms with Gasteiger partial charge in [0.05, 0.1) is 11.6 Å². The smallest absolute Gasteiger partial charge is 0.243 e. The Morgan fingerprint density at radius 3 is 2.93 bits per heavy atom. The molecule has 0 radical (unpaired) electrons. The van der Waals surface area contributed by atoms with Crippen LogP contribution in [0.3, 0.4) is 0 Å². The van der Waals surface area contributed by atoms with Crippen LogP contribution in [0.25, 0.3) is 0 Å². The highest BCUT2D eigenvalue weighted by molar-refractivity contribution is 5.99. The number of rotatable bonds is 6. The predicted octanol–water partition coefficient (Wildman–Crippen LogP) is 0.118. The van der Waals surface area contributed by atoms with Crippen molar-refractivity contribution in [1.82, 2.24) is 20.9 Å². The van der Waals surface area contributed by atoms with Gasteiger partial charge in [-0.15, -0.1) is 0 Å². The number of hydrogen-bond acceptors (Lipinski definition) is 8. The van der Waals surface area contributed by atoms with Gasteiger partial charge in [0.1, 0.15) is 17.6 Å². The van der Waals surface area contributed by atoms with Gasteiger partial charge in [-0.3, -0.25) is 4.79 Å². The third-order valence-corrected chi connectivity index (χ3v) is 4.33. The Hall–Kier alpha value is -3.05. The van der Waals surface area contributed by atoms with Crippen molar-refractivity contribution >= 4 is 11.7 Å². The number of oxime groups is 1. The van der Waals surface area contributed by atoms with Crippen molar-refractivity contribution < 1.29 is 24.1 Å². The van der Waals surface area contributed by atoms with Crippen LogP contribution in [0, 0.1) is 5.82 Å². The fraction of sp³-hybridized carbons (Fsp3) is 0.412. The number of benzene rings is 1. The molecule has 0 saturated carbocycles. The molecule has 0 spiro atoms. The summed E-state index contributed by atoms with van der Waals surface area (Å²) in [6.07, 6.45) is 0.591. The van der Waals surface area contributed by atoms with Crippen molar-refractivity contribution in [2.45, 2.75) is 38.0 Å². The summed E-state index contributed by atoms with van der Waals surface area (Å²) < 4.78 is 18.1. The molecular weight excluding hydrogens is 371 g/mol. The molecule has 2 unspecified atom stereocenters. The lowest BCUT2D eigenvalue weighted by Crippen LogP contribution is -2.43. The van der Waals surface area contributed by atoms with E-state index in [2.05, 4.69) is 30.7 Å². The average molecular weight is 392 g/mol. The molecule has 2 atom stereocenters. The molecule has 1 heterocycles. The lowest BCUT2D eigenvalue weighted by atomic mass is 9.83. The Bertz CT molecular complexity index is 907. The molecule has 1 aromatic carbocycles. The number of carbonyl (C=O) groups is 1. The van der Waals surface area contributed by atoms with Crippen LogP contribution in [-0.2, 0) is 11.2 Å². The summed E-state index contributed by atoms with van der Waals surface area (Å²) in [6.45, 7) is 3.03. The number of halogens is 1. The second-order valence-electron chi connectivity index (χ2n) is 7.20. The van der Waals surface area contributed by atoms with Gasteiger partial charge in [-0.25, -0.2) is 9.02 Å². The first-order valence-corrected chi connectivity index (χ1v) is 8.55. The van der Waals surface area contributed by atoms with Gasteiger partial charge in [0.15, 0.2) is 11.5 Å². The summed E-state index contributed by atoms with van der Waals surface area (Å²) in [7, 11) is 0. The average Bonchev–Trinajstić information content (AvgIpc) is 3.10. The highest BCUT2D eigenvalue weighted by Crippen LogP contribution is 2.33. The van der Waals surface area contributed by atoms with Gasteiger partial charge in [-0.2, -0.15) is 0 Å². The maximum absolute atomic E-state index is 13.4. The van der Waals surface area contributed by atoms with Crippen molar-refractivity contribution in [3.05, 3.63) is 46.5 Å². The van der Waals surface area contributed by atoms with E-state index in [1.807, 2.05) is 0 Å². The first-order chi connectivity index (χ1) is 13.2. The van der Waals surface area contributed by atoms with E-state index in [0.29, 0.717) is 6.42 Å². The van der Waals surface area contributed by atoms with E-state index < -0.39 is 17.6 Å². The zero-order valence-electron chi connectivity index (χ0n) is 15.3. The topological polar surface area (TPSA) is 159 Å².